The van der Waals surface area contributed by atoms with E-state index < -0.39 is 0 Å². The van der Waals surface area contributed by atoms with Gasteiger partial charge in [-0.3, -0.25) is 0 Å². The molecule has 0 atom stereocenters. The molecule has 5 aromatic carbocycles. The average molecular weight is 651 g/mol. The highest BCUT2D eigenvalue weighted by molar-refractivity contribution is 5.76. The molecule has 0 bridgehead atoms. The molecule has 0 aliphatic rings. The van der Waals surface area contributed by atoms with Crippen LogP contribution in [0.15, 0.2) is 146 Å². The molecular formula is C46H42N4. The molecule has 0 saturated heterocycles. The van der Waals surface area contributed by atoms with Gasteiger partial charge in [0.2, 0.25) is 0 Å². The van der Waals surface area contributed by atoms with E-state index in [1.165, 1.54) is 11.1 Å². The first-order valence-corrected chi connectivity index (χ1v) is 17.2. The van der Waals surface area contributed by atoms with Gasteiger partial charge in [0.05, 0.1) is 22.8 Å². The summed E-state index contributed by atoms with van der Waals surface area (Å²) in [6.07, 6.45) is 0. The molecule has 0 aliphatic carbocycles. The van der Waals surface area contributed by atoms with Crippen LogP contribution in [-0.4, -0.2) is 19.9 Å². The van der Waals surface area contributed by atoms with Crippen LogP contribution in [0.4, 0.5) is 0 Å². The van der Waals surface area contributed by atoms with E-state index in [2.05, 4.69) is 145 Å². The van der Waals surface area contributed by atoms with Crippen molar-refractivity contribution in [1.82, 2.24) is 19.9 Å². The fourth-order valence-electron chi connectivity index (χ4n) is 6.04. The van der Waals surface area contributed by atoms with E-state index in [1.807, 2.05) is 42.5 Å². The summed E-state index contributed by atoms with van der Waals surface area (Å²) < 4.78 is 0. The maximum Gasteiger partial charge on any atom is 0.160 e. The Balaban J connectivity index is 1.34. The summed E-state index contributed by atoms with van der Waals surface area (Å²) in [5.74, 6) is 1.31. The molecule has 0 radical (unpaired) electrons. The van der Waals surface area contributed by atoms with Crippen molar-refractivity contribution in [1.29, 1.82) is 0 Å². The minimum absolute atomic E-state index is 0.0701. The first kappa shape index (κ1) is 32.8. The summed E-state index contributed by atoms with van der Waals surface area (Å²) >= 11 is 0. The molecule has 7 rings (SSSR count). The van der Waals surface area contributed by atoms with Gasteiger partial charge in [0, 0.05) is 33.4 Å². The van der Waals surface area contributed by atoms with Crippen molar-refractivity contribution < 1.29 is 0 Å². The van der Waals surface area contributed by atoms with Gasteiger partial charge >= 0.3 is 0 Å². The van der Waals surface area contributed by atoms with Crippen LogP contribution >= 0.6 is 0 Å². The lowest BCUT2D eigenvalue weighted by atomic mass is 9.86. The molecule has 0 N–H and O–H groups in total. The minimum atomic E-state index is 0.0701. The Morgan fingerprint density at radius 2 is 0.600 bits per heavy atom. The molecule has 50 heavy (non-hydrogen) atoms. The first-order valence-electron chi connectivity index (χ1n) is 17.2. The van der Waals surface area contributed by atoms with Crippen molar-refractivity contribution in [2.75, 3.05) is 0 Å². The number of benzene rings is 5. The van der Waals surface area contributed by atoms with Gasteiger partial charge in [0.1, 0.15) is 0 Å². The Bertz CT molecular complexity index is 2080. The standard InChI is InChI=1S/C46H42N4/c1-45(2,3)37-24-20-33(21-25-37)41-29-39(31-14-9-7-10-15-31)47-43(49-41)35-18-13-19-36(28-35)44-48-40(32-16-11-8-12-17-32)30-42(50-44)34-22-26-38(27-23-34)46(4,5)6/h7-30H,1-6H3. The zero-order chi connectivity index (χ0) is 34.9. The summed E-state index contributed by atoms with van der Waals surface area (Å²) in [6, 6.07) is 50.5. The number of hydrogen-bond acceptors (Lipinski definition) is 4. The Morgan fingerprint density at radius 1 is 0.300 bits per heavy atom. The molecular weight excluding hydrogens is 609 g/mol. The topological polar surface area (TPSA) is 51.6 Å². The fraction of sp³-hybridized carbons (Fsp3) is 0.174. The van der Waals surface area contributed by atoms with Gasteiger partial charge in [-0.2, -0.15) is 0 Å². The van der Waals surface area contributed by atoms with Crippen molar-refractivity contribution >= 4 is 0 Å². The molecule has 2 aromatic heterocycles. The lowest BCUT2D eigenvalue weighted by Gasteiger charge is -2.19. The van der Waals surface area contributed by atoms with Crippen molar-refractivity contribution in [3.8, 4) is 67.8 Å². The van der Waals surface area contributed by atoms with Crippen LogP contribution < -0.4 is 0 Å². The van der Waals surface area contributed by atoms with Crippen molar-refractivity contribution in [2.45, 2.75) is 52.4 Å². The highest BCUT2D eigenvalue weighted by Crippen LogP contribution is 2.33. The minimum Gasteiger partial charge on any atom is -0.228 e. The highest BCUT2D eigenvalue weighted by atomic mass is 14.9. The molecule has 0 amide bonds. The number of hydrogen-bond donors (Lipinski definition) is 0. The quantitative estimate of drug-likeness (QED) is 0.180. The van der Waals surface area contributed by atoms with E-state index in [-0.39, 0.29) is 10.8 Å². The Hall–Kier alpha value is -5.74. The molecule has 0 saturated carbocycles. The van der Waals surface area contributed by atoms with Crippen molar-refractivity contribution in [2.24, 2.45) is 0 Å². The van der Waals surface area contributed by atoms with Gasteiger partial charge in [0.25, 0.3) is 0 Å². The van der Waals surface area contributed by atoms with Crippen LogP contribution in [0.25, 0.3) is 67.8 Å². The van der Waals surface area contributed by atoms with Crippen LogP contribution in [0.2, 0.25) is 0 Å². The monoisotopic (exact) mass is 650 g/mol. The Morgan fingerprint density at radius 3 is 0.920 bits per heavy atom. The lowest BCUT2D eigenvalue weighted by Crippen LogP contribution is -2.10. The van der Waals surface area contributed by atoms with E-state index >= 15 is 0 Å². The third-order valence-electron chi connectivity index (χ3n) is 9.06. The highest BCUT2D eigenvalue weighted by Gasteiger charge is 2.17. The van der Waals surface area contributed by atoms with E-state index in [9.17, 15) is 0 Å². The Labute approximate surface area is 296 Å². The molecule has 0 unspecified atom stereocenters. The van der Waals surface area contributed by atoms with Gasteiger partial charge in [0.15, 0.2) is 11.6 Å². The molecule has 246 valence electrons. The zero-order valence-corrected chi connectivity index (χ0v) is 29.6. The lowest BCUT2D eigenvalue weighted by molar-refractivity contribution is 0.590. The van der Waals surface area contributed by atoms with Gasteiger partial charge < -0.3 is 0 Å². The van der Waals surface area contributed by atoms with Crippen molar-refractivity contribution in [3.63, 3.8) is 0 Å². The van der Waals surface area contributed by atoms with E-state index in [1.54, 1.807) is 0 Å². The maximum atomic E-state index is 5.13. The summed E-state index contributed by atoms with van der Waals surface area (Å²) in [4.78, 5) is 20.5. The predicted octanol–water partition coefficient (Wildman–Crippen LogP) is 11.9. The average Bonchev–Trinajstić information content (AvgIpc) is 3.14. The molecule has 4 heteroatoms. The molecule has 7 aromatic rings. The second-order valence-corrected chi connectivity index (χ2v) is 14.9. The van der Waals surface area contributed by atoms with E-state index in [4.69, 9.17) is 19.9 Å². The molecule has 0 aliphatic heterocycles. The van der Waals surface area contributed by atoms with E-state index in [0.29, 0.717) is 11.6 Å². The molecule has 4 nitrogen and oxygen atoms in total. The van der Waals surface area contributed by atoms with Crippen LogP contribution in [-0.2, 0) is 10.8 Å². The Kier molecular flexibility index (Phi) is 8.71. The zero-order valence-electron chi connectivity index (χ0n) is 29.6. The molecule has 0 fully saturated rings. The molecule has 0 spiro atoms. The number of rotatable bonds is 6. The van der Waals surface area contributed by atoms with Crippen LogP contribution in [0, 0.1) is 0 Å². The SMILES string of the molecule is CC(C)(C)c1ccc(-c2cc(-c3ccccc3)nc(-c3cccc(-c4nc(-c5ccccc5)cc(-c5ccc(C(C)(C)C)cc5)n4)c3)n2)cc1. The van der Waals surface area contributed by atoms with Crippen LogP contribution in [0.5, 0.6) is 0 Å². The second-order valence-electron chi connectivity index (χ2n) is 14.9. The largest absolute Gasteiger partial charge is 0.228 e. The van der Waals surface area contributed by atoms with Gasteiger partial charge in [-0.1, -0.05) is 169 Å². The van der Waals surface area contributed by atoms with Crippen molar-refractivity contribution in [3.05, 3.63) is 157 Å². The van der Waals surface area contributed by atoms with E-state index in [0.717, 1.165) is 56.2 Å². The second kappa shape index (κ2) is 13.3. The summed E-state index contributed by atoms with van der Waals surface area (Å²) in [7, 11) is 0. The predicted molar refractivity (Wildman–Crippen MR) is 208 cm³/mol. The first-order chi connectivity index (χ1) is 24.0. The van der Waals surface area contributed by atoms with Gasteiger partial charge in [-0.25, -0.2) is 19.9 Å². The van der Waals surface area contributed by atoms with Crippen LogP contribution in [0.1, 0.15) is 52.7 Å². The third kappa shape index (κ3) is 7.16. The number of nitrogens with zero attached hydrogens (tertiary/aromatic N) is 4. The summed E-state index contributed by atoms with van der Waals surface area (Å²) in [5, 5.41) is 0. The number of aromatic nitrogens is 4. The third-order valence-corrected chi connectivity index (χ3v) is 9.06. The smallest absolute Gasteiger partial charge is 0.160 e. The molecule has 2 heterocycles. The normalized spacial score (nSPS) is 11.8. The van der Waals surface area contributed by atoms with Gasteiger partial charge in [-0.05, 0) is 40.2 Å². The summed E-state index contributed by atoms with van der Waals surface area (Å²) in [5.41, 5.74) is 12.2. The fourth-order valence-corrected chi connectivity index (χ4v) is 6.04. The maximum absolute atomic E-state index is 5.13. The van der Waals surface area contributed by atoms with Crippen LogP contribution in [0.3, 0.4) is 0 Å². The van der Waals surface area contributed by atoms with Gasteiger partial charge in [-0.15, -0.1) is 0 Å². The summed E-state index contributed by atoms with van der Waals surface area (Å²) in [6.45, 7) is 13.4.